The fourth-order valence-electron chi connectivity index (χ4n) is 5.98. The summed E-state index contributed by atoms with van der Waals surface area (Å²) < 4.78 is 36.1. The number of hydrogen-bond donors (Lipinski definition) is 1. The van der Waals surface area contributed by atoms with Crippen molar-refractivity contribution in [3.8, 4) is 11.4 Å². The van der Waals surface area contributed by atoms with E-state index in [2.05, 4.69) is 0 Å². The van der Waals surface area contributed by atoms with Crippen LogP contribution in [0.3, 0.4) is 0 Å². The highest BCUT2D eigenvalue weighted by atomic mass is 35.5. The number of imidazole rings is 1. The number of amides is 1. The number of benzene rings is 2. The molecular formula is C26H28ClF2N3O2. The van der Waals surface area contributed by atoms with Gasteiger partial charge in [-0.1, -0.05) is 24.4 Å². The Balaban J connectivity index is 1.67. The average Bonchev–Trinajstić information content (AvgIpc) is 3.18. The summed E-state index contributed by atoms with van der Waals surface area (Å²) in [6.45, 7) is 1.25. The zero-order valence-corrected chi connectivity index (χ0v) is 19.6. The number of halogens is 3. The third kappa shape index (κ3) is 4.31. The number of aromatic nitrogens is 2. The van der Waals surface area contributed by atoms with E-state index in [9.17, 15) is 13.6 Å². The number of ether oxygens (including phenoxy) is 1. The summed E-state index contributed by atoms with van der Waals surface area (Å²) in [6.07, 6.45) is 5.22. The monoisotopic (exact) mass is 487 g/mol. The van der Waals surface area contributed by atoms with Crippen molar-refractivity contribution in [3.05, 3.63) is 53.1 Å². The topological polar surface area (TPSA) is 70.1 Å². The van der Waals surface area contributed by atoms with Crippen molar-refractivity contribution in [3.63, 3.8) is 0 Å². The van der Waals surface area contributed by atoms with Gasteiger partial charge in [-0.15, -0.1) is 0 Å². The minimum absolute atomic E-state index is 0.0223. The lowest BCUT2D eigenvalue weighted by Gasteiger charge is -2.41. The first-order chi connectivity index (χ1) is 16.4. The van der Waals surface area contributed by atoms with Crippen molar-refractivity contribution >= 4 is 28.5 Å². The van der Waals surface area contributed by atoms with Crippen LogP contribution in [-0.2, 0) is 9.53 Å². The van der Waals surface area contributed by atoms with Gasteiger partial charge in [-0.2, -0.15) is 0 Å². The first kappa shape index (κ1) is 23.2. The Morgan fingerprint density at radius 2 is 1.74 bits per heavy atom. The van der Waals surface area contributed by atoms with Gasteiger partial charge in [0.1, 0.15) is 5.82 Å². The highest BCUT2D eigenvalue weighted by Crippen LogP contribution is 2.46. The molecule has 2 N–H and O–H groups in total. The zero-order chi connectivity index (χ0) is 23.8. The van der Waals surface area contributed by atoms with Crippen molar-refractivity contribution in [1.29, 1.82) is 0 Å². The van der Waals surface area contributed by atoms with Crippen molar-refractivity contribution in [1.82, 2.24) is 9.55 Å². The predicted molar refractivity (Wildman–Crippen MR) is 127 cm³/mol. The van der Waals surface area contributed by atoms with E-state index in [0.29, 0.717) is 35.1 Å². The molecule has 1 amide bonds. The van der Waals surface area contributed by atoms with Gasteiger partial charge in [0, 0.05) is 47.9 Å². The Bertz CT molecular complexity index is 1190. The standard InChI is InChI=1S/C26H28ClF2N3O2/c27-17-7-5-16(6-8-17)26-31-21-13-19(28)20(29)14-23(21)32(26)22-4-2-1-3-18(22)24(25(30)33)15-9-11-34-12-10-15/h5-8,13-15,18,22,24H,1-4,9-12H2,(H2,30,33). The van der Waals surface area contributed by atoms with Gasteiger partial charge in [0.25, 0.3) is 0 Å². The van der Waals surface area contributed by atoms with Gasteiger partial charge in [0.15, 0.2) is 11.6 Å². The van der Waals surface area contributed by atoms with E-state index in [0.717, 1.165) is 50.2 Å². The van der Waals surface area contributed by atoms with Crippen LogP contribution in [0, 0.1) is 29.4 Å². The van der Waals surface area contributed by atoms with Crippen LogP contribution in [0.5, 0.6) is 0 Å². The van der Waals surface area contributed by atoms with Crippen LogP contribution in [0.25, 0.3) is 22.4 Å². The molecule has 3 atom stereocenters. The highest BCUT2D eigenvalue weighted by molar-refractivity contribution is 6.30. The summed E-state index contributed by atoms with van der Waals surface area (Å²) in [7, 11) is 0. The summed E-state index contributed by atoms with van der Waals surface area (Å²) in [4.78, 5) is 17.5. The molecule has 5 rings (SSSR count). The molecule has 5 nitrogen and oxygen atoms in total. The summed E-state index contributed by atoms with van der Waals surface area (Å²) in [6, 6.07) is 9.50. The lowest BCUT2D eigenvalue weighted by molar-refractivity contribution is -0.128. The molecule has 0 bridgehead atoms. The molecule has 1 saturated carbocycles. The van der Waals surface area contributed by atoms with Crippen LogP contribution >= 0.6 is 11.6 Å². The van der Waals surface area contributed by atoms with Crippen molar-refractivity contribution in [2.24, 2.45) is 23.5 Å². The first-order valence-corrected chi connectivity index (χ1v) is 12.3. The molecule has 2 fully saturated rings. The zero-order valence-electron chi connectivity index (χ0n) is 18.9. The molecule has 1 aromatic heterocycles. The molecular weight excluding hydrogens is 460 g/mol. The molecule has 3 unspecified atom stereocenters. The largest absolute Gasteiger partial charge is 0.381 e. The van der Waals surface area contributed by atoms with Crippen molar-refractivity contribution in [2.45, 2.75) is 44.6 Å². The quantitative estimate of drug-likeness (QED) is 0.487. The number of nitrogens with zero attached hydrogens (tertiary/aromatic N) is 2. The fourth-order valence-corrected chi connectivity index (χ4v) is 6.10. The number of rotatable bonds is 5. The third-order valence-corrected chi connectivity index (χ3v) is 7.76. The molecule has 8 heteroatoms. The van der Waals surface area contributed by atoms with Gasteiger partial charge in [-0.3, -0.25) is 4.79 Å². The molecule has 0 radical (unpaired) electrons. The number of fused-ring (bicyclic) bond motifs is 1. The van der Waals surface area contributed by atoms with E-state index < -0.39 is 11.6 Å². The number of carbonyl (C=O) groups excluding carboxylic acids is 1. The Labute approximate surface area is 202 Å². The second-order valence-electron chi connectivity index (χ2n) is 9.46. The van der Waals surface area contributed by atoms with E-state index in [1.807, 2.05) is 16.7 Å². The molecule has 1 aliphatic heterocycles. The molecule has 0 spiro atoms. The van der Waals surface area contributed by atoms with Crippen LogP contribution in [0.15, 0.2) is 36.4 Å². The van der Waals surface area contributed by atoms with Crippen molar-refractivity contribution in [2.75, 3.05) is 13.2 Å². The van der Waals surface area contributed by atoms with E-state index in [1.165, 1.54) is 6.07 Å². The van der Waals surface area contributed by atoms with Gasteiger partial charge in [-0.25, -0.2) is 13.8 Å². The highest BCUT2D eigenvalue weighted by Gasteiger charge is 2.42. The van der Waals surface area contributed by atoms with Crippen molar-refractivity contribution < 1.29 is 18.3 Å². The lowest BCUT2D eigenvalue weighted by Crippen LogP contribution is -2.42. The molecule has 1 aliphatic carbocycles. The third-order valence-electron chi connectivity index (χ3n) is 7.51. The van der Waals surface area contributed by atoms with Gasteiger partial charge in [0.05, 0.1) is 11.0 Å². The molecule has 180 valence electrons. The molecule has 34 heavy (non-hydrogen) atoms. The Morgan fingerprint density at radius 3 is 2.44 bits per heavy atom. The SMILES string of the molecule is NC(=O)C(C1CCOCC1)C1CCCCC1n1c(-c2ccc(Cl)cc2)nc2cc(F)c(F)cc21. The normalized spacial score (nSPS) is 22.7. The van der Waals surface area contributed by atoms with Crippen LogP contribution in [0.4, 0.5) is 8.78 Å². The molecule has 2 aromatic carbocycles. The van der Waals surface area contributed by atoms with E-state index in [1.54, 1.807) is 12.1 Å². The minimum atomic E-state index is -0.933. The fraction of sp³-hybridized carbons (Fsp3) is 0.462. The summed E-state index contributed by atoms with van der Waals surface area (Å²) in [5.74, 6) is -1.71. The number of hydrogen-bond acceptors (Lipinski definition) is 3. The van der Waals surface area contributed by atoms with Crippen LogP contribution in [0.2, 0.25) is 5.02 Å². The summed E-state index contributed by atoms with van der Waals surface area (Å²) >= 11 is 6.11. The van der Waals surface area contributed by atoms with Gasteiger partial charge in [0.2, 0.25) is 5.91 Å². The molecule has 2 heterocycles. The van der Waals surface area contributed by atoms with Gasteiger partial charge < -0.3 is 15.0 Å². The number of carbonyl (C=O) groups is 1. The summed E-state index contributed by atoms with van der Waals surface area (Å²) in [5.41, 5.74) is 7.71. The van der Waals surface area contributed by atoms with Crippen LogP contribution < -0.4 is 5.73 Å². The Kier molecular flexibility index (Phi) is 6.58. The average molecular weight is 488 g/mol. The first-order valence-electron chi connectivity index (χ1n) is 11.9. The van der Waals surface area contributed by atoms with Crippen LogP contribution in [-0.4, -0.2) is 28.7 Å². The molecule has 2 aliphatic rings. The number of nitrogens with two attached hydrogens (primary N) is 1. The van der Waals surface area contributed by atoms with E-state index in [4.69, 9.17) is 27.1 Å². The van der Waals surface area contributed by atoms with E-state index >= 15 is 0 Å². The van der Waals surface area contributed by atoms with Gasteiger partial charge in [-0.05, 0) is 61.8 Å². The predicted octanol–water partition coefficient (Wildman–Crippen LogP) is 5.89. The smallest absolute Gasteiger partial charge is 0.221 e. The maximum atomic E-state index is 14.4. The lowest BCUT2D eigenvalue weighted by atomic mass is 9.69. The Morgan fingerprint density at radius 1 is 1.06 bits per heavy atom. The molecule has 3 aromatic rings. The van der Waals surface area contributed by atoms with Gasteiger partial charge >= 0.3 is 0 Å². The Hall–Kier alpha value is -2.51. The second-order valence-corrected chi connectivity index (χ2v) is 9.90. The summed E-state index contributed by atoms with van der Waals surface area (Å²) in [5, 5.41) is 0.590. The van der Waals surface area contributed by atoms with Crippen LogP contribution in [0.1, 0.15) is 44.6 Å². The molecule has 1 saturated heterocycles. The maximum absolute atomic E-state index is 14.4. The second kappa shape index (κ2) is 9.62. The number of primary amides is 1. The van der Waals surface area contributed by atoms with E-state index in [-0.39, 0.29) is 29.7 Å². The maximum Gasteiger partial charge on any atom is 0.221 e. The minimum Gasteiger partial charge on any atom is -0.381 e.